The van der Waals surface area contributed by atoms with Crippen LogP contribution in [0.3, 0.4) is 0 Å². The molecule has 1 saturated heterocycles. The Labute approximate surface area is 117 Å². The lowest BCUT2D eigenvalue weighted by atomic mass is 10.1. The van der Waals surface area contributed by atoms with Crippen LogP contribution in [-0.4, -0.2) is 31.3 Å². The number of hydrogen-bond donors (Lipinski definition) is 2. The predicted octanol–water partition coefficient (Wildman–Crippen LogP) is 0.888. The molecule has 1 aliphatic heterocycles. The topological polar surface area (TPSA) is 78.5 Å². The largest absolute Gasteiger partial charge is 0.351 e. The molecule has 0 bridgehead atoms. The van der Waals surface area contributed by atoms with Crippen molar-refractivity contribution >= 4 is 29.1 Å². The molecule has 0 radical (unpaired) electrons. The van der Waals surface area contributed by atoms with Crippen molar-refractivity contribution in [2.45, 2.75) is 19.3 Å². The fraction of sp³-hybridized carbons (Fsp3) is 0.357. The summed E-state index contributed by atoms with van der Waals surface area (Å²) >= 11 is 0. The van der Waals surface area contributed by atoms with E-state index in [1.807, 2.05) is 6.07 Å². The van der Waals surface area contributed by atoms with Crippen molar-refractivity contribution in [1.29, 1.82) is 0 Å². The molecule has 6 heteroatoms. The number of anilines is 2. The van der Waals surface area contributed by atoms with Crippen LogP contribution in [0.1, 0.15) is 19.3 Å². The zero-order valence-corrected chi connectivity index (χ0v) is 11.3. The van der Waals surface area contributed by atoms with Crippen LogP contribution >= 0.6 is 0 Å². The number of hydrogen-bond acceptors (Lipinski definition) is 3. The first-order valence-corrected chi connectivity index (χ1v) is 6.55. The zero-order valence-electron chi connectivity index (χ0n) is 11.3. The molecule has 1 aromatic rings. The maximum Gasteiger partial charge on any atom is 0.313 e. The third-order valence-corrected chi connectivity index (χ3v) is 3.17. The molecule has 0 atom stereocenters. The number of likely N-dealkylation sites (N-methyl/N-ethyl adjacent to an activating group) is 1. The lowest BCUT2D eigenvalue weighted by Crippen LogP contribution is -2.35. The molecule has 0 aromatic heterocycles. The minimum absolute atomic E-state index is 0.0889. The van der Waals surface area contributed by atoms with E-state index < -0.39 is 11.8 Å². The summed E-state index contributed by atoms with van der Waals surface area (Å²) in [6.07, 6.45) is 2.44. The standard InChI is InChI=1S/C14H17N3O3/c1-15-13(19)14(20)16-10-5-4-6-11(9-10)17-8-3-2-7-12(17)18/h4-6,9H,2-3,7-8H2,1H3,(H,15,19)(H,16,20). The number of rotatable bonds is 2. The molecule has 0 spiro atoms. The highest BCUT2D eigenvalue weighted by Crippen LogP contribution is 2.23. The van der Waals surface area contributed by atoms with Crippen LogP contribution in [0.15, 0.2) is 24.3 Å². The van der Waals surface area contributed by atoms with Gasteiger partial charge in [-0.2, -0.15) is 0 Å². The quantitative estimate of drug-likeness (QED) is 0.787. The van der Waals surface area contributed by atoms with E-state index in [9.17, 15) is 14.4 Å². The number of nitrogens with zero attached hydrogens (tertiary/aromatic N) is 1. The van der Waals surface area contributed by atoms with Gasteiger partial charge in [0.05, 0.1) is 0 Å². The van der Waals surface area contributed by atoms with E-state index in [2.05, 4.69) is 10.6 Å². The van der Waals surface area contributed by atoms with Crippen LogP contribution in [0.25, 0.3) is 0 Å². The van der Waals surface area contributed by atoms with E-state index in [1.165, 1.54) is 7.05 Å². The van der Waals surface area contributed by atoms with Crippen LogP contribution in [0.4, 0.5) is 11.4 Å². The molecule has 106 valence electrons. The lowest BCUT2D eigenvalue weighted by Gasteiger charge is -2.27. The number of carbonyl (C=O) groups is 3. The Hall–Kier alpha value is -2.37. The van der Waals surface area contributed by atoms with E-state index in [4.69, 9.17) is 0 Å². The van der Waals surface area contributed by atoms with E-state index in [-0.39, 0.29) is 5.91 Å². The summed E-state index contributed by atoms with van der Waals surface area (Å²) < 4.78 is 0. The van der Waals surface area contributed by atoms with Gasteiger partial charge >= 0.3 is 11.8 Å². The van der Waals surface area contributed by atoms with Crippen LogP contribution in [0.5, 0.6) is 0 Å². The summed E-state index contributed by atoms with van der Waals surface area (Å²) in [5.74, 6) is -1.34. The molecule has 1 fully saturated rings. The second-order valence-corrected chi connectivity index (χ2v) is 4.59. The first-order chi connectivity index (χ1) is 9.61. The number of piperidine rings is 1. The van der Waals surface area contributed by atoms with E-state index >= 15 is 0 Å². The first kappa shape index (κ1) is 14.0. The van der Waals surface area contributed by atoms with Gasteiger partial charge in [-0.05, 0) is 31.0 Å². The minimum Gasteiger partial charge on any atom is -0.351 e. The molecule has 20 heavy (non-hydrogen) atoms. The van der Waals surface area contributed by atoms with Crippen molar-refractivity contribution in [3.05, 3.63) is 24.3 Å². The summed E-state index contributed by atoms with van der Waals surface area (Å²) in [6, 6.07) is 6.94. The van der Waals surface area contributed by atoms with E-state index in [0.717, 1.165) is 18.5 Å². The number of nitrogens with one attached hydrogen (secondary N) is 2. The Kier molecular flexibility index (Phi) is 4.34. The van der Waals surface area contributed by atoms with Crippen LogP contribution < -0.4 is 15.5 Å². The highest BCUT2D eigenvalue weighted by molar-refractivity contribution is 6.39. The maximum atomic E-state index is 11.9. The van der Waals surface area contributed by atoms with Gasteiger partial charge in [-0.3, -0.25) is 14.4 Å². The fourth-order valence-corrected chi connectivity index (χ4v) is 2.13. The van der Waals surface area contributed by atoms with E-state index in [0.29, 0.717) is 18.7 Å². The average Bonchev–Trinajstić information content (AvgIpc) is 2.47. The van der Waals surface area contributed by atoms with Gasteiger partial charge in [-0.1, -0.05) is 6.07 Å². The third-order valence-electron chi connectivity index (χ3n) is 3.17. The van der Waals surface area contributed by atoms with Crippen molar-refractivity contribution in [3.63, 3.8) is 0 Å². The van der Waals surface area contributed by atoms with Crippen molar-refractivity contribution in [2.24, 2.45) is 0 Å². The molecule has 2 N–H and O–H groups in total. The molecular weight excluding hydrogens is 258 g/mol. The molecular formula is C14H17N3O3. The number of benzene rings is 1. The molecule has 1 heterocycles. The number of amides is 3. The summed E-state index contributed by atoms with van der Waals surface area (Å²) in [4.78, 5) is 36.2. The highest BCUT2D eigenvalue weighted by atomic mass is 16.2. The summed E-state index contributed by atoms with van der Waals surface area (Å²) in [6.45, 7) is 0.686. The van der Waals surface area contributed by atoms with Gasteiger partial charge in [0.1, 0.15) is 0 Å². The maximum absolute atomic E-state index is 11.9. The Morgan fingerprint density at radius 2 is 2.00 bits per heavy atom. The molecule has 6 nitrogen and oxygen atoms in total. The molecule has 0 unspecified atom stereocenters. The van der Waals surface area contributed by atoms with Crippen molar-refractivity contribution in [1.82, 2.24) is 5.32 Å². The monoisotopic (exact) mass is 275 g/mol. The van der Waals surface area contributed by atoms with Gasteiger partial charge in [0, 0.05) is 31.4 Å². The van der Waals surface area contributed by atoms with Gasteiger partial charge in [0.25, 0.3) is 0 Å². The molecule has 2 rings (SSSR count). The second kappa shape index (κ2) is 6.18. The molecule has 0 saturated carbocycles. The Balaban J connectivity index is 2.13. The molecule has 3 amide bonds. The average molecular weight is 275 g/mol. The first-order valence-electron chi connectivity index (χ1n) is 6.55. The fourth-order valence-electron chi connectivity index (χ4n) is 2.13. The predicted molar refractivity (Wildman–Crippen MR) is 75.3 cm³/mol. The van der Waals surface area contributed by atoms with Gasteiger partial charge in [-0.25, -0.2) is 0 Å². The van der Waals surface area contributed by atoms with E-state index in [1.54, 1.807) is 23.1 Å². The van der Waals surface area contributed by atoms with Gasteiger partial charge in [0.15, 0.2) is 0 Å². The van der Waals surface area contributed by atoms with Crippen LogP contribution in [0, 0.1) is 0 Å². The minimum atomic E-state index is -0.727. The van der Waals surface area contributed by atoms with Gasteiger partial charge in [-0.15, -0.1) is 0 Å². The Morgan fingerprint density at radius 1 is 1.20 bits per heavy atom. The third kappa shape index (κ3) is 3.14. The summed E-state index contributed by atoms with van der Waals surface area (Å²) in [7, 11) is 1.39. The summed E-state index contributed by atoms with van der Waals surface area (Å²) in [5, 5.41) is 4.75. The van der Waals surface area contributed by atoms with Crippen LogP contribution in [0.2, 0.25) is 0 Å². The van der Waals surface area contributed by atoms with Crippen LogP contribution in [-0.2, 0) is 14.4 Å². The Bertz CT molecular complexity index is 542. The molecule has 0 aliphatic carbocycles. The van der Waals surface area contributed by atoms with Crippen molar-refractivity contribution in [2.75, 3.05) is 23.8 Å². The molecule has 1 aliphatic rings. The second-order valence-electron chi connectivity index (χ2n) is 4.59. The van der Waals surface area contributed by atoms with Gasteiger partial charge in [0.2, 0.25) is 5.91 Å². The number of carbonyl (C=O) groups excluding carboxylic acids is 3. The smallest absolute Gasteiger partial charge is 0.313 e. The Morgan fingerprint density at radius 3 is 2.70 bits per heavy atom. The van der Waals surface area contributed by atoms with Crippen molar-refractivity contribution in [3.8, 4) is 0 Å². The van der Waals surface area contributed by atoms with Gasteiger partial charge < -0.3 is 15.5 Å². The zero-order chi connectivity index (χ0) is 14.5. The normalized spacial score (nSPS) is 14.8. The van der Waals surface area contributed by atoms with Crippen molar-refractivity contribution < 1.29 is 14.4 Å². The SMILES string of the molecule is CNC(=O)C(=O)Nc1cccc(N2CCCCC2=O)c1. The molecule has 1 aromatic carbocycles. The summed E-state index contributed by atoms with van der Waals surface area (Å²) in [5.41, 5.74) is 1.24. The highest BCUT2D eigenvalue weighted by Gasteiger charge is 2.20. The lowest BCUT2D eigenvalue weighted by molar-refractivity contribution is -0.135.